The van der Waals surface area contributed by atoms with Gasteiger partial charge in [0.1, 0.15) is 12.4 Å². The van der Waals surface area contributed by atoms with Gasteiger partial charge in [0.25, 0.3) is 0 Å². The molecule has 0 N–H and O–H groups in total. The Bertz CT molecular complexity index is 309. The molecule has 0 aromatic carbocycles. The van der Waals surface area contributed by atoms with E-state index in [1.165, 1.54) is 12.2 Å². The molecule has 0 saturated carbocycles. The summed E-state index contributed by atoms with van der Waals surface area (Å²) in [6, 6.07) is 0. The number of carbonyl (C=O) groups is 2. The van der Waals surface area contributed by atoms with E-state index in [0.717, 1.165) is 18.2 Å². The van der Waals surface area contributed by atoms with Gasteiger partial charge in [0, 0.05) is 6.08 Å². The van der Waals surface area contributed by atoms with Crippen LogP contribution in [0.5, 0.6) is 0 Å². The Morgan fingerprint density at radius 1 is 1.73 bits per heavy atom. The second kappa shape index (κ2) is 5.60. The molecule has 1 unspecified atom stereocenters. The molecule has 0 aromatic rings. The topological polar surface area (TPSA) is 52.6 Å². The van der Waals surface area contributed by atoms with Gasteiger partial charge in [0.2, 0.25) is 5.12 Å². The smallest absolute Gasteiger partial charge is 0.430 e. The molecule has 15 heavy (non-hydrogen) atoms. The van der Waals surface area contributed by atoms with E-state index in [4.69, 9.17) is 4.74 Å². The molecule has 1 aliphatic rings. The first-order valence-electron chi connectivity index (χ1n) is 4.55. The lowest BCUT2D eigenvalue weighted by Gasteiger charge is -2.10. The number of thioether (sulfide) groups is 1. The van der Waals surface area contributed by atoms with Crippen LogP contribution in [-0.2, 0) is 14.3 Å². The molecule has 0 radical (unpaired) electrons. The molecule has 0 aromatic heterocycles. The van der Waals surface area contributed by atoms with Crippen LogP contribution in [0.15, 0.2) is 24.5 Å². The summed E-state index contributed by atoms with van der Waals surface area (Å²) in [6.07, 6.45) is 2.71. The Kier molecular flexibility index (Phi) is 4.42. The molecule has 1 heterocycles. The zero-order valence-electron chi connectivity index (χ0n) is 8.39. The lowest BCUT2D eigenvalue weighted by atomic mass is 10.3. The molecule has 4 nitrogen and oxygen atoms in total. The molecule has 1 atom stereocenters. The van der Waals surface area contributed by atoms with E-state index in [-0.39, 0.29) is 17.0 Å². The Labute approximate surface area is 92.3 Å². The Morgan fingerprint density at radius 3 is 3.07 bits per heavy atom. The van der Waals surface area contributed by atoms with Crippen molar-refractivity contribution in [3.05, 3.63) is 24.5 Å². The third-order valence-electron chi connectivity index (χ3n) is 1.73. The Hall–Kier alpha value is -1.23. The summed E-state index contributed by atoms with van der Waals surface area (Å²) in [7, 11) is 0. The average Bonchev–Trinajstić information content (AvgIpc) is 2.55. The third kappa shape index (κ3) is 3.43. The summed E-state index contributed by atoms with van der Waals surface area (Å²) < 4.78 is 9.54. The van der Waals surface area contributed by atoms with Gasteiger partial charge in [-0.2, -0.15) is 0 Å². The SMILES string of the molecule is C=CCOC(=O)OC1=CC(=O)SC1CC. The second-order valence-electron chi connectivity index (χ2n) is 2.83. The van der Waals surface area contributed by atoms with E-state index in [1.807, 2.05) is 6.92 Å². The minimum atomic E-state index is -0.796. The number of ether oxygens (including phenoxy) is 2. The predicted octanol–water partition coefficient (Wildman–Crippen LogP) is 2.26. The highest BCUT2D eigenvalue weighted by atomic mass is 32.2. The highest BCUT2D eigenvalue weighted by Crippen LogP contribution is 2.31. The van der Waals surface area contributed by atoms with Crippen LogP contribution in [0.25, 0.3) is 0 Å². The molecule has 0 aliphatic carbocycles. The average molecular weight is 228 g/mol. The maximum absolute atomic E-state index is 11.1. The Morgan fingerprint density at radius 2 is 2.47 bits per heavy atom. The van der Waals surface area contributed by atoms with Crippen LogP contribution < -0.4 is 0 Å². The molecule has 0 spiro atoms. The Balaban J connectivity index is 2.49. The van der Waals surface area contributed by atoms with Crippen molar-refractivity contribution in [2.45, 2.75) is 18.6 Å². The second-order valence-corrected chi connectivity index (χ2v) is 4.04. The first-order valence-corrected chi connectivity index (χ1v) is 5.43. The van der Waals surface area contributed by atoms with Crippen molar-refractivity contribution < 1.29 is 19.1 Å². The van der Waals surface area contributed by atoms with Gasteiger partial charge in [-0.1, -0.05) is 31.3 Å². The van der Waals surface area contributed by atoms with Crippen LogP contribution in [-0.4, -0.2) is 23.1 Å². The quantitative estimate of drug-likeness (QED) is 0.545. The van der Waals surface area contributed by atoms with Gasteiger partial charge >= 0.3 is 6.16 Å². The van der Waals surface area contributed by atoms with Crippen LogP contribution in [0.4, 0.5) is 4.79 Å². The number of hydrogen-bond acceptors (Lipinski definition) is 5. The standard InChI is InChI=1S/C10H12O4S/c1-3-5-13-10(12)14-7-6-9(11)15-8(7)4-2/h3,6,8H,1,4-5H2,2H3. The maximum atomic E-state index is 11.1. The predicted molar refractivity (Wildman–Crippen MR) is 57.4 cm³/mol. The van der Waals surface area contributed by atoms with E-state index in [1.54, 1.807) is 0 Å². The maximum Gasteiger partial charge on any atom is 0.513 e. The van der Waals surface area contributed by atoms with Gasteiger partial charge in [0.15, 0.2) is 0 Å². The first-order chi connectivity index (χ1) is 7.17. The molecular formula is C10H12O4S. The lowest BCUT2D eigenvalue weighted by Crippen LogP contribution is -2.12. The zero-order chi connectivity index (χ0) is 11.3. The number of carbonyl (C=O) groups excluding carboxylic acids is 2. The van der Waals surface area contributed by atoms with Gasteiger partial charge in [-0.25, -0.2) is 4.79 Å². The van der Waals surface area contributed by atoms with E-state index in [2.05, 4.69) is 11.3 Å². The minimum absolute atomic E-state index is 0.0752. The van der Waals surface area contributed by atoms with Crippen LogP contribution in [0, 0.1) is 0 Å². The van der Waals surface area contributed by atoms with Gasteiger partial charge in [-0.05, 0) is 6.42 Å². The summed E-state index contributed by atoms with van der Waals surface area (Å²) in [5.41, 5.74) is 0. The molecular weight excluding hydrogens is 216 g/mol. The fourth-order valence-electron chi connectivity index (χ4n) is 1.07. The molecule has 82 valence electrons. The van der Waals surface area contributed by atoms with Crippen molar-refractivity contribution in [3.63, 3.8) is 0 Å². The summed E-state index contributed by atoms with van der Waals surface area (Å²) >= 11 is 1.16. The zero-order valence-corrected chi connectivity index (χ0v) is 9.21. The molecule has 0 amide bonds. The van der Waals surface area contributed by atoms with E-state index >= 15 is 0 Å². The monoisotopic (exact) mass is 228 g/mol. The normalized spacial score (nSPS) is 19.7. The molecule has 0 bridgehead atoms. The highest BCUT2D eigenvalue weighted by molar-refractivity contribution is 8.15. The first kappa shape index (κ1) is 11.8. The molecule has 1 aliphatic heterocycles. The van der Waals surface area contributed by atoms with E-state index in [0.29, 0.717) is 5.76 Å². The third-order valence-corrected chi connectivity index (χ3v) is 2.93. The van der Waals surface area contributed by atoms with Crippen LogP contribution in [0.3, 0.4) is 0 Å². The van der Waals surface area contributed by atoms with Gasteiger partial charge < -0.3 is 9.47 Å². The van der Waals surface area contributed by atoms with Crippen molar-refractivity contribution in [2.24, 2.45) is 0 Å². The lowest BCUT2D eigenvalue weighted by molar-refractivity contribution is -0.106. The highest BCUT2D eigenvalue weighted by Gasteiger charge is 2.27. The van der Waals surface area contributed by atoms with Gasteiger partial charge in [0.05, 0.1) is 5.25 Å². The van der Waals surface area contributed by atoms with Crippen molar-refractivity contribution in [2.75, 3.05) is 6.61 Å². The summed E-state index contributed by atoms with van der Waals surface area (Å²) in [4.78, 5) is 22.1. The van der Waals surface area contributed by atoms with E-state index < -0.39 is 6.16 Å². The number of hydrogen-bond donors (Lipinski definition) is 0. The fourth-order valence-corrected chi connectivity index (χ4v) is 1.94. The van der Waals surface area contributed by atoms with Gasteiger partial charge in [-0.3, -0.25) is 4.79 Å². The van der Waals surface area contributed by atoms with Crippen molar-refractivity contribution in [1.82, 2.24) is 0 Å². The largest absolute Gasteiger partial charge is 0.513 e. The molecule has 5 heteroatoms. The summed E-state index contributed by atoms with van der Waals surface area (Å²) in [5, 5.41) is -0.165. The van der Waals surface area contributed by atoms with Crippen LogP contribution in [0.1, 0.15) is 13.3 Å². The molecule has 0 fully saturated rings. The fraction of sp³-hybridized carbons (Fsp3) is 0.400. The minimum Gasteiger partial charge on any atom is -0.430 e. The van der Waals surface area contributed by atoms with Crippen molar-refractivity contribution >= 4 is 23.0 Å². The van der Waals surface area contributed by atoms with Crippen LogP contribution in [0.2, 0.25) is 0 Å². The summed E-state index contributed by atoms with van der Waals surface area (Å²) in [6.45, 7) is 5.42. The number of rotatable bonds is 4. The summed E-state index contributed by atoms with van der Waals surface area (Å²) in [5.74, 6) is 0.376. The van der Waals surface area contributed by atoms with Crippen molar-refractivity contribution in [3.8, 4) is 0 Å². The molecule has 1 rings (SSSR count). The van der Waals surface area contributed by atoms with Crippen LogP contribution >= 0.6 is 11.8 Å². The van der Waals surface area contributed by atoms with E-state index in [9.17, 15) is 9.59 Å². The molecule has 0 saturated heterocycles. The van der Waals surface area contributed by atoms with Crippen molar-refractivity contribution in [1.29, 1.82) is 0 Å². The van der Waals surface area contributed by atoms with Gasteiger partial charge in [-0.15, -0.1) is 0 Å².